The van der Waals surface area contributed by atoms with Gasteiger partial charge in [-0.05, 0) is 41.5 Å². The van der Waals surface area contributed by atoms with E-state index >= 15 is 0 Å². The molecule has 0 amide bonds. The van der Waals surface area contributed by atoms with Gasteiger partial charge in [0.05, 0.1) is 5.52 Å². The molecule has 5 aromatic rings. The maximum absolute atomic E-state index is 12.7. The molecule has 1 heterocycles. The summed E-state index contributed by atoms with van der Waals surface area (Å²) >= 11 is 3.49. The summed E-state index contributed by atoms with van der Waals surface area (Å²) in [6.45, 7) is 0. The number of nitrogens with one attached hydrogen (secondary N) is 1. The zero-order chi connectivity index (χ0) is 22.8. The number of carbonyl (C=O) groups is 1. The first-order chi connectivity index (χ1) is 16.1. The molecule has 5 rings (SSSR count). The van der Waals surface area contributed by atoms with Crippen LogP contribution in [0.1, 0.15) is 15.9 Å². The van der Waals surface area contributed by atoms with Gasteiger partial charge in [0.2, 0.25) is 5.95 Å². The van der Waals surface area contributed by atoms with Gasteiger partial charge in [-0.15, -0.1) is 0 Å². The lowest BCUT2D eigenvalue weighted by molar-refractivity contribution is 0.103. The number of aromatic nitrogens is 2. The Morgan fingerprint density at radius 2 is 1.48 bits per heavy atom. The van der Waals surface area contributed by atoms with E-state index in [-0.39, 0.29) is 11.7 Å². The molecule has 6 heteroatoms. The van der Waals surface area contributed by atoms with Gasteiger partial charge in [0, 0.05) is 26.7 Å². The Morgan fingerprint density at radius 1 is 0.758 bits per heavy atom. The molecule has 0 radical (unpaired) electrons. The summed E-state index contributed by atoms with van der Waals surface area (Å²) in [5.74, 6) is 0.842. The van der Waals surface area contributed by atoms with Crippen LogP contribution in [0.15, 0.2) is 102 Å². The molecule has 0 bridgehead atoms. The van der Waals surface area contributed by atoms with Crippen LogP contribution in [0.3, 0.4) is 0 Å². The minimum Gasteiger partial charge on any atom is -0.368 e. The van der Waals surface area contributed by atoms with Gasteiger partial charge >= 0.3 is 0 Å². The topological polar surface area (TPSA) is 80.9 Å². The van der Waals surface area contributed by atoms with Crippen LogP contribution in [0.25, 0.3) is 22.0 Å². The van der Waals surface area contributed by atoms with Crippen LogP contribution in [0, 0.1) is 0 Å². The van der Waals surface area contributed by atoms with Crippen LogP contribution < -0.4 is 11.1 Å². The molecular formula is C27H19BrN4O. The van der Waals surface area contributed by atoms with Crippen molar-refractivity contribution in [2.75, 3.05) is 11.1 Å². The number of carbonyl (C=O) groups excluding carboxylic acids is 1. The molecule has 160 valence electrons. The first-order valence-electron chi connectivity index (χ1n) is 10.4. The van der Waals surface area contributed by atoms with Gasteiger partial charge in [-0.25, -0.2) is 4.98 Å². The number of hydrogen-bond acceptors (Lipinski definition) is 5. The number of nitrogens with two attached hydrogens (primary N) is 1. The number of anilines is 3. The van der Waals surface area contributed by atoms with Gasteiger partial charge in [-0.2, -0.15) is 4.98 Å². The Kier molecular flexibility index (Phi) is 5.59. The van der Waals surface area contributed by atoms with Gasteiger partial charge in [0.25, 0.3) is 0 Å². The number of hydrogen-bond donors (Lipinski definition) is 2. The van der Waals surface area contributed by atoms with Crippen molar-refractivity contribution in [1.29, 1.82) is 0 Å². The van der Waals surface area contributed by atoms with Crippen molar-refractivity contribution in [2.45, 2.75) is 0 Å². The van der Waals surface area contributed by atoms with Crippen molar-refractivity contribution in [3.63, 3.8) is 0 Å². The number of fused-ring (bicyclic) bond motifs is 1. The lowest BCUT2D eigenvalue weighted by Crippen LogP contribution is -2.02. The second-order valence-electron chi connectivity index (χ2n) is 7.57. The average molecular weight is 495 g/mol. The number of halogens is 1. The highest BCUT2D eigenvalue weighted by Crippen LogP contribution is 2.30. The van der Waals surface area contributed by atoms with E-state index in [2.05, 4.69) is 31.2 Å². The molecule has 1 aromatic heterocycles. The van der Waals surface area contributed by atoms with E-state index in [0.717, 1.165) is 32.2 Å². The largest absolute Gasteiger partial charge is 0.368 e. The summed E-state index contributed by atoms with van der Waals surface area (Å²) in [6.07, 6.45) is 0. The second-order valence-corrected chi connectivity index (χ2v) is 8.49. The molecule has 0 aliphatic rings. The molecule has 0 aliphatic carbocycles. The highest BCUT2D eigenvalue weighted by molar-refractivity contribution is 9.10. The van der Waals surface area contributed by atoms with Crippen LogP contribution >= 0.6 is 15.9 Å². The molecule has 0 saturated carbocycles. The van der Waals surface area contributed by atoms with Gasteiger partial charge in [0.1, 0.15) is 5.82 Å². The van der Waals surface area contributed by atoms with Crippen molar-refractivity contribution in [1.82, 2.24) is 9.97 Å². The minimum atomic E-state index is 0.00467. The number of nitrogen functional groups attached to an aromatic ring is 1. The summed E-state index contributed by atoms with van der Waals surface area (Å²) in [5, 5.41) is 4.20. The van der Waals surface area contributed by atoms with E-state index in [0.29, 0.717) is 16.9 Å². The van der Waals surface area contributed by atoms with Crippen LogP contribution in [-0.4, -0.2) is 15.8 Å². The molecule has 0 aliphatic heterocycles. The predicted molar refractivity (Wildman–Crippen MR) is 137 cm³/mol. The zero-order valence-electron chi connectivity index (χ0n) is 17.5. The molecule has 0 fully saturated rings. The number of benzene rings is 4. The first-order valence-corrected chi connectivity index (χ1v) is 11.2. The van der Waals surface area contributed by atoms with Gasteiger partial charge in [0.15, 0.2) is 5.78 Å². The maximum atomic E-state index is 12.7. The molecule has 5 nitrogen and oxygen atoms in total. The monoisotopic (exact) mass is 494 g/mol. The lowest BCUT2D eigenvalue weighted by atomic mass is 9.98. The molecule has 33 heavy (non-hydrogen) atoms. The summed E-state index contributed by atoms with van der Waals surface area (Å²) in [5.41, 5.74) is 10.9. The van der Waals surface area contributed by atoms with Crippen LogP contribution in [0.2, 0.25) is 0 Å². The van der Waals surface area contributed by atoms with E-state index in [1.807, 2.05) is 97.1 Å². The van der Waals surface area contributed by atoms with Crippen LogP contribution in [-0.2, 0) is 0 Å². The van der Waals surface area contributed by atoms with E-state index < -0.39 is 0 Å². The van der Waals surface area contributed by atoms with Gasteiger partial charge in [-0.1, -0.05) is 82.7 Å². The smallest absolute Gasteiger partial charge is 0.222 e. The van der Waals surface area contributed by atoms with Crippen LogP contribution in [0.4, 0.5) is 17.5 Å². The summed E-state index contributed by atoms with van der Waals surface area (Å²) in [7, 11) is 0. The summed E-state index contributed by atoms with van der Waals surface area (Å²) in [6, 6.07) is 30.7. The van der Waals surface area contributed by atoms with Crippen molar-refractivity contribution in [3.05, 3.63) is 113 Å². The van der Waals surface area contributed by atoms with Crippen molar-refractivity contribution < 1.29 is 4.79 Å². The highest BCUT2D eigenvalue weighted by atomic mass is 79.9. The Balaban J connectivity index is 1.50. The quantitative estimate of drug-likeness (QED) is 0.268. The van der Waals surface area contributed by atoms with E-state index in [1.165, 1.54) is 0 Å². The lowest BCUT2D eigenvalue weighted by Gasteiger charge is -2.11. The summed E-state index contributed by atoms with van der Waals surface area (Å²) < 4.78 is 0.963. The fourth-order valence-corrected chi connectivity index (χ4v) is 4.09. The molecule has 0 unspecified atom stereocenters. The Labute approximate surface area is 199 Å². The normalized spacial score (nSPS) is 10.8. The van der Waals surface area contributed by atoms with E-state index in [4.69, 9.17) is 5.73 Å². The minimum absolute atomic E-state index is 0.00467. The van der Waals surface area contributed by atoms with Crippen LogP contribution in [0.5, 0.6) is 0 Å². The first kappa shape index (κ1) is 20.8. The summed E-state index contributed by atoms with van der Waals surface area (Å²) in [4.78, 5) is 21.5. The SMILES string of the molecule is Nc1nc(Nc2cccc(Br)c2)c2cc(-c3ccc(C(=O)c4ccccc4)cc3)ccc2n1. The number of rotatable bonds is 5. The Morgan fingerprint density at radius 3 is 2.24 bits per heavy atom. The number of ketones is 1. The van der Waals surface area contributed by atoms with Crippen molar-refractivity contribution >= 4 is 50.1 Å². The third-order valence-electron chi connectivity index (χ3n) is 5.32. The third-order valence-corrected chi connectivity index (χ3v) is 5.81. The molecule has 0 atom stereocenters. The standard InChI is InChI=1S/C27H19BrN4O/c28-21-7-4-8-22(16-21)30-26-23-15-20(13-14-24(23)31-27(29)32-26)17-9-11-19(12-10-17)25(33)18-5-2-1-3-6-18/h1-16H,(H3,29,30,31,32). The van der Waals surface area contributed by atoms with Gasteiger partial charge < -0.3 is 11.1 Å². The maximum Gasteiger partial charge on any atom is 0.222 e. The Hall–Kier alpha value is -4.03. The molecular weight excluding hydrogens is 476 g/mol. The van der Waals surface area contributed by atoms with Crippen molar-refractivity contribution in [3.8, 4) is 11.1 Å². The third kappa shape index (κ3) is 4.47. The highest BCUT2D eigenvalue weighted by Gasteiger charge is 2.11. The van der Waals surface area contributed by atoms with Gasteiger partial charge in [-0.3, -0.25) is 4.79 Å². The fraction of sp³-hybridized carbons (Fsp3) is 0. The molecule has 4 aromatic carbocycles. The van der Waals surface area contributed by atoms with Crippen molar-refractivity contribution in [2.24, 2.45) is 0 Å². The molecule has 0 saturated heterocycles. The average Bonchev–Trinajstić information content (AvgIpc) is 2.84. The number of nitrogens with zero attached hydrogens (tertiary/aromatic N) is 2. The zero-order valence-corrected chi connectivity index (χ0v) is 19.1. The second kappa shape index (κ2) is 8.84. The molecule has 3 N–H and O–H groups in total. The van der Waals surface area contributed by atoms with E-state index in [1.54, 1.807) is 0 Å². The molecule has 0 spiro atoms. The predicted octanol–water partition coefficient (Wildman–Crippen LogP) is 6.62. The Bertz CT molecular complexity index is 1470. The van der Waals surface area contributed by atoms with E-state index in [9.17, 15) is 4.79 Å². The fourth-order valence-electron chi connectivity index (χ4n) is 3.69.